The van der Waals surface area contributed by atoms with Crippen molar-refractivity contribution in [1.82, 2.24) is 44.3 Å². The number of thiophene rings is 3. The minimum Gasteiger partial charge on any atom is -0.396 e. The Morgan fingerprint density at radius 1 is 0.488 bits per heavy atom. The van der Waals surface area contributed by atoms with Crippen LogP contribution in [-0.2, 0) is 21.4 Å². The molecule has 14 nitrogen and oxygen atoms in total. The van der Waals surface area contributed by atoms with E-state index >= 15 is 0 Å². The molecular weight excluding hydrogens is 1220 g/mol. The maximum absolute atomic E-state index is 9.87. The van der Waals surface area contributed by atoms with E-state index in [-0.39, 0.29) is 23.6 Å². The van der Waals surface area contributed by atoms with Gasteiger partial charge in [0.05, 0.1) is 23.7 Å². The minimum absolute atomic E-state index is 0.0672. The number of alkyl halides is 1. The molecule has 0 unspecified atom stereocenters. The number of rotatable bonds is 7. The van der Waals surface area contributed by atoms with Crippen LogP contribution >= 0.6 is 84.7 Å². The van der Waals surface area contributed by atoms with Crippen LogP contribution in [0.1, 0.15) is 119 Å². The van der Waals surface area contributed by atoms with Crippen molar-refractivity contribution in [2.75, 3.05) is 25.7 Å². The van der Waals surface area contributed by atoms with Gasteiger partial charge in [0.2, 0.25) is 0 Å². The molecule has 420 valence electrons. The first kappa shape index (κ1) is 55.6. The molecule has 9 heterocycles. The molecule has 6 aromatic heterocycles. The number of methoxy groups -OCH3 is 1. The minimum atomic E-state index is -0.510. The third kappa shape index (κ3) is 8.74. The molecule has 3 aromatic carbocycles. The van der Waals surface area contributed by atoms with Crippen LogP contribution < -0.4 is 0 Å². The number of aromatic nitrogens is 9. The number of aliphatic imine (C=N–C) groups is 3. The van der Waals surface area contributed by atoms with E-state index in [2.05, 4.69) is 126 Å². The summed E-state index contributed by atoms with van der Waals surface area (Å²) in [6.07, 6.45) is 2.69. The third-order valence-corrected chi connectivity index (χ3v) is 22.5. The van der Waals surface area contributed by atoms with Crippen molar-refractivity contribution >= 4 is 102 Å². The van der Waals surface area contributed by atoms with E-state index < -0.39 is 5.54 Å². The summed E-state index contributed by atoms with van der Waals surface area (Å²) in [5.74, 6) is 6.20. The van der Waals surface area contributed by atoms with Gasteiger partial charge in [-0.25, -0.2) is 0 Å². The van der Waals surface area contributed by atoms with Gasteiger partial charge >= 0.3 is 0 Å². The van der Waals surface area contributed by atoms with Gasteiger partial charge < -0.3 is 9.84 Å². The topological polar surface area (TPSA) is 159 Å². The number of nitrogens with zero attached hydrogens (tertiary/aromatic N) is 12. The molecule has 3 fully saturated rings. The summed E-state index contributed by atoms with van der Waals surface area (Å²) in [5, 5.41) is 43.2. The summed E-state index contributed by atoms with van der Waals surface area (Å²) in [7, 11) is 1.74. The monoisotopic (exact) mass is 1270 g/mol. The number of hydrogen-bond donors (Lipinski definition) is 1. The predicted octanol–water partition coefficient (Wildman–Crippen LogP) is 14.0. The fourth-order valence-electron chi connectivity index (χ4n) is 12.1. The molecule has 15 rings (SSSR count). The van der Waals surface area contributed by atoms with Crippen LogP contribution in [0.25, 0.3) is 15.0 Å². The Hall–Kier alpha value is -5.54. The molecule has 0 bridgehead atoms. The summed E-state index contributed by atoms with van der Waals surface area (Å²) in [4.78, 5) is 19.8. The fraction of sp³-hybridized carbons (Fsp3) is 0.361. The van der Waals surface area contributed by atoms with E-state index in [1.807, 2.05) is 69.3 Å². The highest BCUT2D eigenvalue weighted by atomic mass is 79.9. The van der Waals surface area contributed by atoms with E-state index in [1.54, 1.807) is 41.1 Å². The van der Waals surface area contributed by atoms with Gasteiger partial charge in [-0.05, 0) is 135 Å². The Kier molecular flexibility index (Phi) is 14.0. The van der Waals surface area contributed by atoms with Gasteiger partial charge in [0.1, 0.15) is 49.1 Å². The Morgan fingerprint density at radius 2 is 0.793 bits per heavy atom. The number of aliphatic hydroxyl groups is 1. The van der Waals surface area contributed by atoms with Crippen LogP contribution in [0.2, 0.25) is 15.1 Å². The highest BCUT2D eigenvalue weighted by Crippen LogP contribution is 2.60. The highest BCUT2D eigenvalue weighted by Gasteiger charge is 2.63. The first-order valence-electron chi connectivity index (χ1n) is 27.2. The van der Waals surface area contributed by atoms with Gasteiger partial charge in [0, 0.05) is 99.9 Å². The summed E-state index contributed by atoms with van der Waals surface area (Å²) < 4.78 is 12.1. The van der Waals surface area contributed by atoms with E-state index in [4.69, 9.17) is 54.5 Å². The van der Waals surface area contributed by atoms with Gasteiger partial charge in [-0.2, -0.15) is 0 Å². The lowest BCUT2D eigenvalue weighted by atomic mass is 9.99. The second kappa shape index (κ2) is 20.6. The number of aryl methyl sites for hydroxylation is 6. The molecule has 1 N–H and O–H groups in total. The Balaban J connectivity index is 0.000000115. The van der Waals surface area contributed by atoms with Gasteiger partial charge in [0.25, 0.3) is 0 Å². The first-order valence-corrected chi connectivity index (χ1v) is 31.9. The maximum Gasteiger partial charge on any atom is 0.166 e. The van der Waals surface area contributed by atoms with Crippen molar-refractivity contribution in [3.05, 3.63) is 188 Å². The molecule has 9 aromatic rings. The van der Waals surface area contributed by atoms with Crippen LogP contribution in [0.3, 0.4) is 0 Å². The normalized spacial score (nSPS) is 22.9. The zero-order valence-electron chi connectivity index (χ0n) is 46.9. The molecule has 0 radical (unpaired) electrons. The zero-order chi connectivity index (χ0) is 57.5. The molecule has 3 saturated carbocycles. The average Bonchev–Trinajstić information content (AvgIpc) is 1.87. The van der Waals surface area contributed by atoms with Crippen LogP contribution in [0.15, 0.2) is 87.8 Å². The molecule has 3 aliphatic carbocycles. The summed E-state index contributed by atoms with van der Waals surface area (Å²) in [6.45, 7) is 19.7. The Bertz CT molecular complexity index is 3980. The standard InChI is InChI=1S/C21H21ClN4OS.C20H18BrClN4S.C20H19ClN4OS/c1-11-12(2)28-19-17(11)18(14-5-7-16(22)8-6-14)23-21(9-15(21)10-27-4)20-25-24-13(3)26(19)20;1-10-11(2)27-18-16(10)17(13-4-6-15(22)7-5-13)23-20(8-14(20)9-21)19-25-24-12(3)26(18)19;1-10-11(2)27-18-16(10)17(13-4-6-15(21)7-5-13)22-20(8-14(20)9-26)19-24-23-12(3)25(18)19/h5-8,15H,9-10H2,1-4H3;4-7,14H,8-9H2,1-3H3;4-7,14,26H,8-9H2,1-3H3/t15-,21-;2*14-,20-/m000/s1. The first-order chi connectivity index (χ1) is 39.4. The molecule has 3 aliphatic heterocycles. The Morgan fingerprint density at radius 3 is 1.09 bits per heavy atom. The third-order valence-electron chi connectivity index (χ3n) is 17.3. The summed E-state index contributed by atoms with van der Waals surface area (Å²) in [6, 6.07) is 23.8. The smallest absolute Gasteiger partial charge is 0.166 e. The van der Waals surface area contributed by atoms with Crippen molar-refractivity contribution in [2.24, 2.45) is 32.7 Å². The molecular formula is C61H58BrCl3N12O2S3. The summed E-state index contributed by atoms with van der Waals surface area (Å²) in [5.41, 5.74) is 12.3. The molecule has 21 heteroatoms. The second-order valence-corrected chi connectivity index (χ2v) is 27.8. The summed E-state index contributed by atoms with van der Waals surface area (Å²) >= 11 is 27.4. The lowest BCUT2D eigenvalue weighted by molar-refractivity contribution is 0.177. The van der Waals surface area contributed by atoms with E-state index in [1.165, 1.54) is 47.4 Å². The number of benzene rings is 3. The van der Waals surface area contributed by atoms with Gasteiger partial charge in [0.15, 0.2) is 17.5 Å². The van der Waals surface area contributed by atoms with Crippen molar-refractivity contribution in [1.29, 1.82) is 0 Å². The quantitative estimate of drug-likeness (QED) is 0.154. The van der Waals surface area contributed by atoms with Crippen molar-refractivity contribution in [3.63, 3.8) is 0 Å². The number of hydrogen-bond acceptors (Lipinski definition) is 14. The van der Waals surface area contributed by atoms with Crippen LogP contribution in [0.5, 0.6) is 0 Å². The van der Waals surface area contributed by atoms with E-state index in [9.17, 15) is 5.11 Å². The fourth-order valence-corrected chi connectivity index (χ4v) is 16.9. The van der Waals surface area contributed by atoms with E-state index in [0.717, 1.165) is 119 Å². The molecule has 6 aliphatic rings. The molecule has 82 heavy (non-hydrogen) atoms. The number of halogens is 4. The lowest BCUT2D eigenvalue weighted by Crippen LogP contribution is -2.16. The predicted molar refractivity (Wildman–Crippen MR) is 334 cm³/mol. The zero-order valence-corrected chi connectivity index (χ0v) is 53.2. The van der Waals surface area contributed by atoms with Crippen molar-refractivity contribution in [2.45, 2.75) is 98.2 Å². The number of aliphatic hydroxyl groups excluding tert-OH is 1. The number of ether oxygens (including phenoxy) is 1. The average molecular weight is 1270 g/mol. The van der Waals surface area contributed by atoms with E-state index in [0.29, 0.717) is 23.5 Å². The van der Waals surface area contributed by atoms with Crippen LogP contribution in [0, 0.1) is 80.1 Å². The van der Waals surface area contributed by atoms with Gasteiger partial charge in [-0.1, -0.05) is 87.1 Å². The highest BCUT2D eigenvalue weighted by molar-refractivity contribution is 9.09. The van der Waals surface area contributed by atoms with Crippen LogP contribution in [0.4, 0.5) is 0 Å². The molecule has 0 saturated heterocycles. The van der Waals surface area contributed by atoms with Crippen molar-refractivity contribution in [3.8, 4) is 15.0 Å². The lowest BCUT2D eigenvalue weighted by Gasteiger charge is -2.13. The van der Waals surface area contributed by atoms with Crippen molar-refractivity contribution < 1.29 is 9.84 Å². The molecule has 0 amide bonds. The second-order valence-electron chi connectivity index (χ2n) is 22.3. The molecule has 6 atom stereocenters. The largest absolute Gasteiger partial charge is 0.396 e. The SMILES string of the molecule is COC[C@@H]1C[C@]12N=C(c1ccc(Cl)cc1)c1c(sc(C)c1C)-n1c(C)nnc12.Cc1sc2c(c1C)C(c1ccc(Cl)cc1)=N[C@]1(C[C@H]1CBr)c1nnc(C)n1-2.Cc1sc2c(c1C)C(c1ccc(Cl)cc1)=N[C@]1(C[C@H]1CO)c1nnc(C)n1-2. The number of fused-ring (bicyclic) bond motifs is 12. The molecule has 3 spiro atoms. The van der Waals surface area contributed by atoms with Crippen LogP contribution in [-0.4, -0.2) is 92.2 Å². The Labute approximate surface area is 511 Å². The van der Waals surface area contributed by atoms with Gasteiger partial charge in [-0.3, -0.25) is 28.7 Å². The maximum atomic E-state index is 9.87. The van der Waals surface area contributed by atoms with Gasteiger partial charge in [-0.15, -0.1) is 64.6 Å².